The van der Waals surface area contributed by atoms with E-state index < -0.39 is 23.7 Å². The van der Waals surface area contributed by atoms with Crippen LogP contribution in [0.3, 0.4) is 0 Å². The molecule has 10 heteroatoms. The minimum absolute atomic E-state index is 0.0417. The van der Waals surface area contributed by atoms with E-state index in [1.165, 1.54) is 17.0 Å². The number of urea groups is 1. The SMILES string of the molecule is CC12CC(N(Cc3cc(C(F)(F)F)n[nH]3)C(=O)Nc3ccc(F)c(Cl)c3)(C1)C2. The highest BCUT2D eigenvalue weighted by Gasteiger charge is 2.68. The zero-order chi connectivity index (χ0) is 20.3. The lowest BCUT2D eigenvalue weighted by molar-refractivity contribution is -0.193. The van der Waals surface area contributed by atoms with E-state index in [-0.39, 0.29) is 28.2 Å². The molecule has 0 radical (unpaired) electrons. The van der Waals surface area contributed by atoms with Crippen molar-refractivity contribution in [3.63, 3.8) is 0 Å². The van der Waals surface area contributed by atoms with Gasteiger partial charge in [-0.2, -0.15) is 18.3 Å². The number of nitrogens with zero attached hydrogens (tertiary/aromatic N) is 2. The Morgan fingerprint density at radius 2 is 2.00 bits per heavy atom. The molecule has 28 heavy (non-hydrogen) atoms. The van der Waals surface area contributed by atoms with Gasteiger partial charge < -0.3 is 10.2 Å². The largest absolute Gasteiger partial charge is 0.435 e. The smallest absolute Gasteiger partial charge is 0.313 e. The summed E-state index contributed by atoms with van der Waals surface area (Å²) in [7, 11) is 0. The first-order chi connectivity index (χ1) is 13.0. The Bertz CT molecular complexity index is 922. The molecule has 2 aromatic rings. The average molecular weight is 417 g/mol. The zero-order valence-electron chi connectivity index (χ0n) is 14.8. The van der Waals surface area contributed by atoms with Crippen molar-refractivity contribution in [3.05, 3.63) is 46.5 Å². The normalized spacial score (nSPS) is 25.6. The Kier molecular flexibility index (Phi) is 4.15. The van der Waals surface area contributed by atoms with Gasteiger partial charge in [-0.25, -0.2) is 9.18 Å². The number of hydrogen-bond acceptors (Lipinski definition) is 2. The molecule has 1 heterocycles. The Morgan fingerprint density at radius 1 is 1.32 bits per heavy atom. The van der Waals surface area contributed by atoms with Gasteiger partial charge >= 0.3 is 12.2 Å². The van der Waals surface area contributed by atoms with Gasteiger partial charge in [0.25, 0.3) is 0 Å². The van der Waals surface area contributed by atoms with Crippen LogP contribution in [0.4, 0.5) is 28.0 Å². The average Bonchev–Trinajstić information content (AvgIpc) is 3.01. The van der Waals surface area contributed by atoms with Gasteiger partial charge in [0.15, 0.2) is 5.69 Å². The second-order valence-corrected chi connectivity index (χ2v) is 8.39. The molecule has 0 atom stereocenters. The number of hydrogen-bond donors (Lipinski definition) is 2. The zero-order valence-corrected chi connectivity index (χ0v) is 15.6. The molecule has 0 spiro atoms. The topological polar surface area (TPSA) is 61.0 Å². The number of carbonyl (C=O) groups excluding carboxylic acids is 1. The summed E-state index contributed by atoms with van der Waals surface area (Å²) in [6.07, 6.45) is -2.19. The lowest BCUT2D eigenvalue weighted by atomic mass is 9.39. The molecule has 3 aliphatic rings. The first-order valence-corrected chi connectivity index (χ1v) is 9.03. The number of halogens is 5. The summed E-state index contributed by atoms with van der Waals surface area (Å²) in [5.41, 5.74) is -0.735. The van der Waals surface area contributed by atoms with E-state index in [4.69, 9.17) is 11.6 Å². The van der Waals surface area contributed by atoms with E-state index in [0.717, 1.165) is 31.4 Å². The molecule has 5 rings (SSSR count). The third kappa shape index (κ3) is 3.21. The van der Waals surface area contributed by atoms with Gasteiger partial charge in [-0.3, -0.25) is 5.10 Å². The van der Waals surface area contributed by atoms with Crippen molar-refractivity contribution in [1.29, 1.82) is 0 Å². The Morgan fingerprint density at radius 3 is 2.54 bits per heavy atom. The van der Waals surface area contributed by atoms with E-state index in [1.807, 2.05) is 0 Å². The molecule has 0 aliphatic heterocycles. The molecule has 2 bridgehead atoms. The molecule has 3 aliphatic carbocycles. The van der Waals surface area contributed by atoms with Crippen LogP contribution in [0, 0.1) is 11.2 Å². The van der Waals surface area contributed by atoms with E-state index >= 15 is 0 Å². The minimum Gasteiger partial charge on any atom is -0.313 e. The monoisotopic (exact) mass is 416 g/mol. The van der Waals surface area contributed by atoms with Gasteiger partial charge in [-0.15, -0.1) is 0 Å². The van der Waals surface area contributed by atoms with Crippen LogP contribution in [-0.2, 0) is 12.7 Å². The Hall–Kier alpha value is -2.29. The van der Waals surface area contributed by atoms with Gasteiger partial charge in [0, 0.05) is 11.2 Å². The fourth-order valence-electron chi connectivity index (χ4n) is 4.49. The second-order valence-electron chi connectivity index (χ2n) is 7.99. The maximum absolute atomic E-state index is 13.3. The van der Waals surface area contributed by atoms with E-state index in [1.54, 1.807) is 0 Å². The minimum atomic E-state index is -4.56. The van der Waals surface area contributed by atoms with Crippen LogP contribution < -0.4 is 5.32 Å². The van der Waals surface area contributed by atoms with Gasteiger partial charge in [0.1, 0.15) is 5.82 Å². The number of nitrogens with one attached hydrogen (secondary N) is 2. The maximum atomic E-state index is 13.3. The van der Waals surface area contributed by atoms with Crippen LogP contribution >= 0.6 is 11.6 Å². The van der Waals surface area contributed by atoms with Crippen molar-refractivity contribution in [1.82, 2.24) is 15.1 Å². The fourth-order valence-corrected chi connectivity index (χ4v) is 4.67. The van der Waals surface area contributed by atoms with Crippen LogP contribution in [-0.4, -0.2) is 26.7 Å². The number of amides is 2. The van der Waals surface area contributed by atoms with Crippen molar-refractivity contribution in [2.45, 2.75) is 44.4 Å². The van der Waals surface area contributed by atoms with Gasteiger partial charge in [-0.1, -0.05) is 18.5 Å². The van der Waals surface area contributed by atoms with E-state index in [9.17, 15) is 22.4 Å². The summed E-state index contributed by atoms with van der Waals surface area (Å²) in [6, 6.07) is 4.22. The number of rotatable bonds is 4. The van der Waals surface area contributed by atoms with Gasteiger partial charge in [-0.05, 0) is 48.9 Å². The van der Waals surface area contributed by atoms with Crippen LogP contribution in [0.2, 0.25) is 5.02 Å². The lowest BCUT2D eigenvalue weighted by Gasteiger charge is -2.72. The number of aromatic nitrogens is 2. The molecule has 1 aromatic carbocycles. The van der Waals surface area contributed by atoms with E-state index in [0.29, 0.717) is 5.69 Å². The number of anilines is 1. The molecule has 2 N–H and O–H groups in total. The molecular formula is C18H17ClF4N4O. The lowest BCUT2D eigenvalue weighted by Crippen LogP contribution is -2.74. The number of benzene rings is 1. The van der Waals surface area contributed by atoms with Crippen LogP contribution in [0.15, 0.2) is 24.3 Å². The predicted octanol–water partition coefficient (Wildman–Crippen LogP) is 5.20. The first-order valence-electron chi connectivity index (χ1n) is 8.65. The Balaban J connectivity index is 1.55. The molecule has 0 unspecified atom stereocenters. The summed E-state index contributed by atoms with van der Waals surface area (Å²) < 4.78 is 51.7. The summed E-state index contributed by atoms with van der Waals surface area (Å²) in [4.78, 5) is 14.4. The molecular weight excluding hydrogens is 400 g/mol. The Labute approximate surface area is 163 Å². The third-order valence-electron chi connectivity index (χ3n) is 5.51. The standard InChI is InChI=1S/C18H17ClF4N4O/c1-16-7-17(8-16,9-16)27(6-11-5-14(26-25-11)18(21,22)23)15(28)24-10-2-3-13(20)12(19)4-10/h2-5H,6-9H2,1H3,(H,24,28)(H,25,26). The summed E-state index contributed by atoms with van der Waals surface area (Å²) in [5.74, 6) is -0.610. The fraction of sp³-hybridized carbons (Fsp3) is 0.444. The molecule has 5 nitrogen and oxygen atoms in total. The van der Waals surface area contributed by atoms with E-state index in [2.05, 4.69) is 22.4 Å². The maximum Gasteiger partial charge on any atom is 0.435 e. The quantitative estimate of drug-likeness (QED) is 0.673. The molecule has 3 saturated carbocycles. The summed E-state index contributed by atoms with van der Waals surface area (Å²) in [5, 5.41) is 8.18. The van der Waals surface area contributed by atoms with Crippen molar-refractivity contribution >= 4 is 23.3 Å². The molecule has 150 valence electrons. The van der Waals surface area contributed by atoms with Crippen LogP contribution in [0.25, 0.3) is 0 Å². The highest BCUT2D eigenvalue weighted by Crippen LogP contribution is 2.69. The molecule has 2 amide bonds. The second kappa shape index (κ2) is 6.10. The highest BCUT2D eigenvalue weighted by atomic mass is 35.5. The first kappa shape index (κ1) is 19.0. The number of aromatic amines is 1. The van der Waals surface area contributed by atoms with Gasteiger partial charge in [0.2, 0.25) is 0 Å². The van der Waals surface area contributed by atoms with Crippen molar-refractivity contribution in [3.8, 4) is 0 Å². The van der Waals surface area contributed by atoms with Gasteiger partial charge in [0.05, 0.1) is 17.3 Å². The van der Waals surface area contributed by atoms with Crippen LogP contribution in [0.5, 0.6) is 0 Å². The predicted molar refractivity (Wildman–Crippen MR) is 94.3 cm³/mol. The van der Waals surface area contributed by atoms with Crippen molar-refractivity contribution in [2.75, 3.05) is 5.32 Å². The molecule has 1 aromatic heterocycles. The van der Waals surface area contributed by atoms with Crippen molar-refractivity contribution in [2.24, 2.45) is 5.41 Å². The summed E-state index contributed by atoms with van der Waals surface area (Å²) >= 11 is 5.75. The number of alkyl halides is 3. The van der Waals surface area contributed by atoms with Crippen LogP contribution in [0.1, 0.15) is 37.6 Å². The number of H-pyrrole nitrogens is 1. The van der Waals surface area contributed by atoms with Crippen molar-refractivity contribution < 1.29 is 22.4 Å². The highest BCUT2D eigenvalue weighted by molar-refractivity contribution is 6.31. The number of carbonyl (C=O) groups is 1. The summed E-state index contributed by atoms with van der Waals surface area (Å²) in [6.45, 7) is 2.07. The molecule has 3 fully saturated rings. The third-order valence-corrected chi connectivity index (χ3v) is 5.80. The molecule has 0 saturated heterocycles.